The molecule has 0 saturated heterocycles. The summed E-state index contributed by atoms with van der Waals surface area (Å²) < 4.78 is 33.4. The maximum Gasteiger partial charge on any atom is 0.309 e. The minimum atomic E-state index is -1.01. The molecule has 0 fully saturated rings. The third-order valence-electron chi connectivity index (χ3n) is 5.57. The highest BCUT2D eigenvalue weighted by molar-refractivity contribution is 6.01. The number of nitrogens with zero attached hydrogens (tertiary/aromatic N) is 2. The Bertz CT molecular complexity index is 1130. The summed E-state index contributed by atoms with van der Waals surface area (Å²) >= 11 is 0. The number of hydrogen-bond donors (Lipinski definition) is 2. The average Bonchev–Trinajstić information content (AvgIpc) is 3.18. The normalized spacial score (nSPS) is 20.5. The Morgan fingerprint density at radius 3 is 2.65 bits per heavy atom. The third-order valence-corrected chi connectivity index (χ3v) is 5.57. The lowest BCUT2D eigenvalue weighted by Gasteiger charge is -2.25. The van der Waals surface area contributed by atoms with E-state index in [-0.39, 0.29) is 17.5 Å². The molecule has 0 spiro atoms. The van der Waals surface area contributed by atoms with Crippen molar-refractivity contribution in [3.63, 3.8) is 0 Å². The van der Waals surface area contributed by atoms with Crippen LogP contribution in [0.5, 0.6) is 0 Å². The van der Waals surface area contributed by atoms with E-state index in [1.165, 1.54) is 6.07 Å². The molecule has 160 valence electrons. The van der Waals surface area contributed by atoms with Crippen molar-refractivity contribution in [2.45, 2.75) is 32.2 Å². The van der Waals surface area contributed by atoms with Crippen LogP contribution in [0.25, 0.3) is 0 Å². The van der Waals surface area contributed by atoms with Gasteiger partial charge in [-0.3, -0.25) is 9.59 Å². The number of anilines is 1. The lowest BCUT2D eigenvalue weighted by Crippen LogP contribution is -2.48. The van der Waals surface area contributed by atoms with Gasteiger partial charge in [-0.15, -0.1) is 10.2 Å². The first-order valence-corrected chi connectivity index (χ1v) is 9.80. The Labute approximate surface area is 176 Å². The first-order chi connectivity index (χ1) is 14.8. The summed E-state index contributed by atoms with van der Waals surface area (Å²) in [4.78, 5) is 25.4. The SMILES string of the molecule is C[C@@H]1[C@H](C)c2cc(F)cc(F)c2NC(=O)[C@@H]1NC(=O)c1nnc(Cc2ccccc2)o1. The van der Waals surface area contributed by atoms with Crippen molar-refractivity contribution in [2.75, 3.05) is 5.32 Å². The van der Waals surface area contributed by atoms with Crippen LogP contribution in [0.3, 0.4) is 0 Å². The predicted octanol–water partition coefficient (Wildman–Crippen LogP) is 3.43. The second-order valence-corrected chi connectivity index (χ2v) is 7.60. The summed E-state index contributed by atoms with van der Waals surface area (Å²) in [6.07, 6.45) is 0.360. The molecule has 9 heteroatoms. The van der Waals surface area contributed by atoms with Crippen LogP contribution >= 0.6 is 0 Å². The highest BCUT2D eigenvalue weighted by atomic mass is 19.1. The van der Waals surface area contributed by atoms with Crippen LogP contribution in [-0.4, -0.2) is 28.1 Å². The van der Waals surface area contributed by atoms with Crippen LogP contribution in [0, 0.1) is 17.6 Å². The van der Waals surface area contributed by atoms with Gasteiger partial charge in [0.1, 0.15) is 17.7 Å². The van der Waals surface area contributed by atoms with Crippen molar-refractivity contribution in [2.24, 2.45) is 5.92 Å². The summed E-state index contributed by atoms with van der Waals surface area (Å²) in [7, 11) is 0. The van der Waals surface area contributed by atoms with Crippen molar-refractivity contribution in [1.82, 2.24) is 15.5 Å². The molecular formula is C22H20F2N4O3. The molecule has 3 atom stereocenters. The monoisotopic (exact) mass is 426 g/mol. The zero-order valence-corrected chi connectivity index (χ0v) is 16.9. The molecule has 2 heterocycles. The quantitative estimate of drug-likeness (QED) is 0.666. The highest BCUT2D eigenvalue weighted by Gasteiger charge is 2.37. The van der Waals surface area contributed by atoms with Gasteiger partial charge in [-0.25, -0.2) is 8.78 Å². The van der Waals surface area contributed by atoms with Gasteiger partial charge < -0.3 is 15.1 Å². The number of benzene rings is 2. The summed E-state index contributed by atoms with van der Waals surface area (Å²) in [5, 5.41) is 12.7. The number of carbonyl (C=O) groups excluding carboxylic acids is 2. The zero-order chi connectivity index (χ0) is 22.1. The molecule has 1 aromatic heterocycles. The fraction of sp³-hybridized carbons (Fsp3) is 0.273. The van der Waals surface area contributed by atoms with Crippen molar-refractivity contribution >= 4 is 17.5 Å². The number of nitrogens with one attached hydrogen (secondary N) is 2. The molecule has 2 amide bonds. The van der Waals surface area contributed by atoms with Gasteiger partial charge in [-0.05, 0) is 29.0 Å². The standard InChI is InChI=1S/C22H20F2N4O3/c1-11-12(2)18(20(29)26-19-15(11)9-14(23)10-16(19)24)25-21(30)22-28-27-17(31-22)8-13-6-4-3-5-7-13/h3-7,9-12,18H,8H2,1-2H3,(H,25,30)(H,26,29)/t11-,12+,18+/m0/s1. The lowest BCUT2D eigenvalue weighted by atomic mass is 9.84. The van der Waals surface area contributed by atoms with Gasteiger partial charge in [0, 0.05) is 6.07 Å². The fourth-order valence-electron chi connectivity index (χ4n) is 3.68. The van der Waals surface area contributed by atoms with Crippen LogP contribution in [0.2, 0.25) is 0 Å². The number of hydrogen-bond acceptors (Lipinski definition) is 5. The van der Waals surface area contributed by atoms with Gasteiger partial charge in [0.05, 0.1) is 12.1 Å². The van der Waals surface area contributed by atoms with E-state index >= 15 is 0 Å². The molecule has 31 heavy (non-hydrogen) atoms. The van der Waals surface area contributed by atoms with Gasteiger partial charge in [-0.1, -0.05) is 44.2 Å². The molecule has 0 saturated carbocycles. The van der Waals surface area contributed by atoms with Crippen molar-refractivity contribution in [3.8, 4) is 0 Å². The number of fused-ring (bicyclic) bond motifs is 1. The van der Waals surface area contributed by atoms with E-state index in [9.17, 15) is 18.4 Å². The largest absolute Gasteiger partial charge is 0.417 e. The molecule has 3 aromatic rings. The highest BCUT2D eigenvalue weighted by Crippen LogP contribution is 2.37. The molecule has 0 radical (unpaired) electrons. The van der Waals surface area contributed by atoms with Crippen LogP contribution in [0.1, 0.15) is 47.5 Å². The van der Waals surface area contributed by atoms with Crippen LogP contribution in [-0.2, 0) is 11.2 Å². The second-order valence-electron chi connectivity index (χ2n) is 7.60. The van der Waals surface area contributed by atoms with E-state index in [4.69, 9.17) is 4.42 Å². The van der Waals surface area contributed by atoms with Gasteiger partial charge in [0.15, 0.2) is 0 Å². The second kappa shape index (κ2) is 8.25. The maximum absolute atomic E-state index is 14.2. The molecule has 4 rings (SSSR count). The van der Waals surface area contributed by atoms with E-state index in [0.717, 1.165) is 5.56 Å². The first kappa shape index (κ1) is 20.6. The minimum absolute atomic E-state index is 0.0783. The van der Waals surface area contributed by atoms with Crippen molar-refractivity contribution in [3.05, 3.63) is 77.0 Å². The Balaban J connectivity index is 1.52. The number of aromatic nitrogens is 2. The van der Waals surface area contributed by atoms with Crippen molar-refractivity contribution < 1.29 is 22.8 Å². The molecule has 1 aliphatic heterocycles. The summed E-state index contributed by atoms with van der Waals surface area (Å²) in [6, 6.07) is 10.3. The molecule has 0 bridgehead atoms. The topological polar surface area (TPSA) is 97.1 Å². The Kier molecular flexibility index (Phi) is 5.50. The first-order valence-electron chi connectivity index (χ1n) is 9.80. The van der Waals surface area contributed by atoms with Gasteiger partial charge in [0.25, 0.3) is 0 Å². The van der Waals surface area contributed by atoms with Crippen molar-refractivity contribution in [1.29, 1.82) is 0 Å². The number of rotatable bonds is 4. The Hall–Kier alpha value is -3.62. The van der Waals surface area contributed by atoms with Gasteiger partial charge in [0.2, 0.25) is 11.8 Å². The minimum Gasteiger partial charge on any atom is -0.417 e. The van der Waals surface area contributed by atoms with E-state index in [1.54, 1.807) is 13.8 Å². The van der Waals surface area contributed by atoms with E-state index in [1.807, 2.05) is 30.3 Å². The maximum atomic E-state index is 14.2. The van der Waals surface area contributed by atoms with Gasteiger partial charge >= 0.3 is 11.8 Å². The number of halogens is 2. The van der Waals surface area contributed by atoms with E-state index in [2.05, 4.69) is 20.8 Å². The van der Waals surface area contributed by atoms with Crippen LogP contribution in [0.4, 0.5) is 14.5 Å². The van der Waals surface area contributed by atoms with E-state index < -0.39 is 41.3 Å². The molecule has 1 aliphatic rings. The summed E-state index contributed by atoms with van der Waals surface area (Å²) in [6.45, 7) is 3.47. The molecule has 2 N–H and O–H groups in total. The van der Waals surface area contributed by atoms with Crippen LogP contribution in [0.15, 0.2) is 46.9 Å². The fourth-order valence-corrected chi connectivity index (χ4v) is 3.68. The Morgan fingerprint density at radius 1 is 1.16 bits per heavy atom. The average molecular weight is 426 g/mol. The summed E-state index contributed by atoms with van der Waals surface area (Å²) in [5.41, 5.74) is 1.19. The van der Waals surface area contributed by atoms with Crippen LogP contribution < -0.4 is 10.6 Å². The molecule has 2 aromatic carbocycles. The third kappa shape index (κ3) is 4.16. The molecular weight excluding hydrogens is 406 g/mol. The number of carbonyl (C=O) groups is 2. The van der Waals surface area contributed by atoms with Gasteiger partial charge in [-0.2, -0.15) is 0 Å². The molecule has 7 nitrogen and oxygen atoms in total. The van der Waals surface area contributed by atoms with E-state index in [0.29, 0.717) is 18.1 Å². The predicted molar refractivity (Wildman–Crippen MR) is 107 cm³/mol. The molecule has 0 aliphatic carbocycles. The lowest BCUT2D eigenvalue weighted by molar-refractivity contribution is -0.119. The summed E-state index contributed by atoms with van der Waals surface area (Å²) in [5.74, 6) is -3.82. The zero-order valence-electron chi connectivity index (χ0n) is 16.9. The number of amides is 2. The Morgan fingerprint density at radius 2 is 1.90 bits per heavy atom. The smallest absolute Gasteiger partial charge is 0.309 e. The molecule has 0 unspecified atom stereocenters.